The lowest BCUT2D eigenvalue weighted by Gasteiger charge is -2.47. The van der Waals surface area contributed by atoms with E-state index in [1.807, 2.05) is 36.4 Å². The van der Waals surface area contributed by atoms with Crippen LogP contribution in [0.25, 0.3) is 11.1 Å². The van der Waals surface area contributed by atoms with Gasteiger partial charge < -0.3 is 62.2 Å². The van der Waals surface area contributed by atoms with Gasteiger partial charge in [0.15, 0.2) is 49.1 Å². The fourth-order valence-electron chi connectivity index (χ4n) is 8.74. The summed E-state index contributed by atoms with van der Waals surface area (Å²) in [4.78, 5) is 89.1. The number of rotatable bonds is 16. The van der Waals surface area contributed by atoms with Crippen molar-refractivity contribution in [2.75, 3.05) is 19.8 Å². The minimum absolute atomic E-state index is 0.330. The van der Waals surface area contributed by atoms with Crippen molar-refractivity contribution in [2.45, 2.75) is 128 Å². The third-order valence-electron chi connectivity index (χ3n) is 11.8. The molecular formula is C48H48F5NO20. The number of ether oxygens (including phenoxy) is 13. The number of fused-ring (bicyclic) bond motifs is 4. The van der Waals surface area contributed by atoms with E-state index in [-0.39, 0.29) is 6.61 Å². The second-order valence-corrected chi connectivity index (χ2v) is 17.2. The first-order valence-corrected chi connectivity index (χ1v) is 22.6. The molecule has 21 nitrogen and oxygen atoms in total. The van der Waals surface area contributed by atoms with E-state index in [0.717, 1.165) is 63.8 Å². The Kier molecular flexibility index (Phi) is 16.9. The summed E-state index contributed by atoms with van der Waals surface area (Å²) in [5.41, 5.74) is 3.30. The number of nitrogens with one attached hydrogen (secondary N) is 1. The maximum absolute atomic E-state index is 14.8. The first-order chi connectivity index (χ1) is 35.0. The van der Waals surface area contributed by atoms with Crippen LogP contribution in [0.5, 0.6) is 5.75 Å². The summed E-state index contributed by atoms with van der Waals surface area (Å²) < 4.78 is 146. The molecule has 74 heavy (non-hydrogen) atoms. The van der Waals surface area contributed by atoms with Crippen LogP contribution in [-0.2, 0) is 85.6 Å². The second-order valence-electron chi connectivity index (χ2n) is 17.2. The molecule has 0 spiro atoms. The number of hydrogen-bond donors (Lipinski definition) is 1. The van der Waals surface area contributed by atoms with E-state index >= 15 is 0 Å². The Bertz CT molecular complexity index is 2600. The second kappa shape index (κ2) is 22.7. The third kappa shape index (κ3) is 12.1. The zero-order chi connectivity index (χ0) is 53.9. The highest BCUT2D eigenvalue weighted by Gasteiger charge is 2.61. The molecule has 3 aromatic rings. The summed E-state index contributed by atoms with van der Waals surface area (Å²) >= 11 is 0. The van der Waals surface area contributed by atoms with E-state index in [9.17, 15) is 55.5 Å². The van der Waals surface area contributed by atoms with Crippen LogP contribution in [-0.4, -0.2) is 135 Å². The van der Waals surface area contributed by atoms with E-state index < -0.39 is 169 Å². The van der Waals surface area contributed by atoms with Crippen LogP contribution in [0.2, 0.25) is 0 Å². The van der Waals surface area contributed by atoms with Gasteiger partial charge in [-0.1, -0.05) is 48.5 Å². The first kappa shape index (κ1) is 54.9. The molecule has 3 saturated heterocycles. The molecule has 1 amide bonds. The van der Waals surface area contributed by atoms with Gasteiger partial charge in [0.1, 0.15) is 25.4 Å². The molecular weight excluding hydrogens is 1010 g/mol. The molecule has 26 heteroatoms. The molecule has 1 unspecified atom stereocenters. The Morgan fingerprint density at radius 3 is 1.72 bits per heavy atom. The van der Waals surface area contributed by atoms with Crippen LogP contribution < -0.4 is 10.1 Å². The van der Waals surface area contributed by atoms with Gasteiger partial charge in [-0.3, -0.25) is 28.7 Å². The smallest absolute Gasteiger partial charge is 0.407 e. The SMILES string of the molecule is CC(=O)OC[C@H]1O[C@@H]2OC(C)(OC[C@H](NC(=O)OCC3c4ccccc4-c4ccccc43)C(=O)Oc3c(F)c(F)c(F)c(F)c3F)O[C@@H]2[C@@H](OC(C)=O)[C@H]1O[C@H]1O[C@H](C)[C@H](OC(C)=O)[C@H](OC(C)=O)[C@H]1OC(C)=O. The van der Waals surface area contributed by atoms with Crippen LogP contribution in [0.1, 0.15) is 65.5 Å². The van der Waals surface area contributed by atoms with Crippen molar-refractivity contribution in [3.63, 3.8) is 0 Å². The Hall–Kier alpha value is -6.84. The van der Waals surface area contributed by atoms with Crippen LogP contribution in [0.4, 0.5) is 26.7 Å². The van der Waals surface area contributed by atoms with Gasteiger partial charge in [-0.15, -0.1) is 0 Å². The zero-order valence-electron chi connectivity index (χ0n) is 40.2. The number of benzene rings is 3. The highest BCUT2D eigenvalue weighted by molar-refractivity contribution is 5.83. The quantitative estimate of drug-likeness (QED) is 0.0520. The monoisotopic (exact) mass is 1050 g/mol. The van der Waals surface area contributed by atoms with Crippen LogP contribution in [0.15, 0.2) is 48.5 Å². The van der Waals surface area contributed by atoms with E-state index in [1.165, 1.54) is 6.92 Å². The fraction of sp³-hybridized carbons (Fsp3) is 0.479. The lowest BCUT2D eigenvalue weighted by Crippen LogP contribution is -2.65. The molecule has 12 atom stereocenters. The molecule has 0 saturated carbocycles. The molecule has 3 aliphatic heterocycles. The van der Waals surface area contributed by atoms with Gasteiger partial charge in [0.2, 0.25) is 34.8 Å². The molecule has 400 valence electrons. The van der Waals surface area contributed by atoms with Gasteiger partial charge in [0, 0.05) is 47.5 Å². The van der Waals surface area contributed by atoms with Gasteiger partial charge in [-0.2, -0.15) is 8.78 Å². The highest BCUT2D eigenvalue weighted by Crippen LogP contribution is 2.45. The summed E-state index contributed by atoms with van der Waals surface area (Å²) in [6.45, 7) is 5.48. The normalized spacial score (nSPS) is 27.3. The number of alkyl carbamates (subject to hydrolysis) is 1. The molecule has 0 radical (unpaired) electrons. The van der Waals surface area contributed by atoms with E-state index in [2.05, 4.69) is 10.1 Å². The van der Waals surface area contributed by atoms with Crippen molar-refractivity contribution in [2.24, 2.45) is 0 Å². The first-order valence-electron chi connectivity index (χ1n) is 22.6. The standard InChI is InChI=1S/C48H48F5NO20/c1-19-37(66-21(3)56)40(67-22(4)57)42(69-24(6)59)45(65-19)72-38-31(18-62-20(2)55)70-46-43(41(38)68-23(5)58)73-48(7,74-46)64-17-30(44(60)71-39-35(52)33(50)32(49)34(51)36(39)53)54-47(61)63-16-29-27-14-10-8-12-25(27)26-13-9-11-15-28(26)29/h8-15,19,29-31,37-38,40-43,45-46H,16-18H2,1-7H3,(H,54,61)/t19-,30+,31-,37+,38+,40+,41+,42-,43-,45-,46-,48?/m1/s1. The average Bonchev–Trinajstić information content (AvgIpc) is 3.85. The maximum atomic E-state index is 14.8. The Morgan fingerprint density at radius 1 is 0.622 bits per heavy atom. The van der Waals surface area contributed by atoms with Crippen LogP contribution in [0.3, 0.4) is 0 Å². The van der Waals surface area contributed by atoms with Crippen molar-refractivity contribution in [3.8, 4) is 16.9 Å². The molecule has 3 fully saturated rings. The minimum Gasteiger partial charge on any atom is -0.463 e. The molecule has 3 aromatic carbocycles. The minimum atomic E-state index is -2.55. The van der Waals surface area contributed by atoms with Crippen molar-refractivity contribution >= 4 is 41.9 Å². The van der Waals surface area contributed by atoms with Crippen molar-refractivity contribution < 1.29 is 117 Å². The summed E-state index contributed by atoms with van der Waals surface area (Å²) in [7, 11) is 0. The van der Waals surface area contributed by atoms with Crippen molar-refractivity contribution in [1.82, 2.24) is 5.32 Å². The van der Waals surface area contributed by atoms with E-state index in [0.29, 0.717) is 0 Å². The number of carbonyl (C=O) groups is 7. The van der Waals surface area contributed by atoms with Gasteiger partial charge in [0.25, 0.3) is 5.97 Å². The predicted molar refractivity (Wildman–Crippen MR) is 231 cm³/mol. The molecule has 1 N–H and O–H groups in total. The lowest BCUT2D eigenvalue weighted by atomic mass is 9.96. The maximum Gasteiger partial charge on any atom is 0.407 e. The Balaban J connectivity index is 1.15. The summed E-state index contributed by atoms with van der Waals surface area (Å²) in [6.07, 6.45) is -17.1. The molecule has 4 aliphatic rings. The van der Waals surface area contributed by atoms with Crippen molar-refractivity contribution in [1.29, 1.82) is 0 Å². The van der Waals surface area contributed by atoms with Gasteiger partial charge >= 0.3 is 41.9 Å². The lowest BCUT2D eigenvalue weighted by molar-refractivity contribution is -0.350. The molecule has 1 aliphatic carbocycles. The number of carbonyl (C=O) groups excluding carboxylic acids is 7. The summed E-state index contributed by atoms with van der Waals surface area (Å²) in [6, 6.07) is 12.3. The van der Waals surface area contributed by atoms with Gasteiger partial charge in [-0.05, 0) is 29.2 Å². The Labute approximate surface area is 416 Å². The summed E-state index contributed by atoms with van der Waals surface area (Å²) in [5, 5.41) is 2.11. The third-order valence-corrected chi connectivity index (χ3v) is 11.8. The molecule has 0 bridgehead atoms. The Morgan fingerprint density at radius 2 is 1.15 bits per heavy atom. The van der Waals surface area contributed by atoms with Crippen LogP contribution >= 0.6 is 0 Å². The van der Waals surface area contributed by atoms with Crippen LogP contribution in [0, 0.1) is 29.1 Å². The number of halogens is 5. The van der Waals surface area contributed by atoms with Gasteiger partial charge in [-0.25, -0.2) is 22.8 Å². The average molecular weight is 1050 g/mol. The number of amides is 1. The van der Waals surface area contributed by atoms with E-state index in [1.54, 1.807) is 12.1 Å². The van der Waals surface area contributed by atoms with Gasteiger partial charge in [0.05, 0.1) is 12.7 Å². The summed E-state index contributed by atoms with van der Waals surface area (Å²) in [5.74, 6) is -23.8. The fourth-order valence-corrected chi connectivity index (χ4v) is 8.74. The molecule has 7 rings (SSSR count). The molecule has 0 aromatic heterocycles. The molecule has 3 heterocycles. The number of hydrogen-bond acceptors (Lipinski definition) is 20. The largest absolute Gasteiger partial charge is 0.463 e. The zero-order valence-corrected chi connectivity index (χ0v) is 40.2. The van der Waals surface area contributed by atoms with Crippen molar-refractivity contribution in [3.05, 3.63) is 88.7 Å². The predicted octanol–water partition coefficient (Wildman–Crippen LogP) is 4.45. The topological polar surface area (TPSA) is 252 Å². The number of esters is 6. The van der Waals surface area contributed by atoms with E-state index in [4.69, 9.17) is 56.8 Å². The highest BCUT2D eigenvalue weighted by atomic mass is 19.2.